The van der Waals surface area contributed by atoms with Crippen molar-refractivity contribution in [2.24, 2.45) is 4.99 Å². The molecule has 0 spiro atoms. The number of amides is 1. The number of nitrogens with one attached hydrogen (secondary N) is 1. The van der Waals surface area contributed by atoms with Gasteiger partial charge in [0.2, 0.25) is 0 Å². The average molecular weight is 511 g/mol. The van der Waals surface area contributed by atoms with E-state index in [1.54, 1.807) is 18.2 Å². The van der Waals surface area contributed by atoms with E-state index in [0.29, 0.717) is 39.7 Å². The molecule has 5 nitrogen and oxygen atoms in total. The fourth-order valence-corrected chi connectivity index (χ4v) is 5.52. The molecule has 8 heteroatoms. The van der Waals surface area contributed by atoms with Gasteiger partial charge in [-0.2, -0.15) is 4.99 Å². The van der Waals surface area contributed by atoms with E-state index < -0.39 is 17.3 Å². The van der Waals surface area contributed by atoms with E-state index in [1.165, 1.54) is 17.8 Å². The van der Waals surface area contributed by atoms with Crippen LogP contribution in [0.4, 0.5) is 10.1 Å². The van der Waals surface area contributed by atoms with E-state index in [9.17, 15) is 19.1 Å². The van der Waals surface area contributed by atoms with Crippen LogP contribution in [0.5, 0.6) is 0 Å². The Kier molecular flexibility index (Phi) is 8.15. The van der Waals surface area contributed by atoms with Crippen LogP contribution in [0, 0.1) is 5.82 Å². The third-order valence-corrected chi connectivity index (χ3v) is 7.45. The van der Waals surface area contributed by atoms with Crippen molar-refractivity contribution in [2.75, 3.05) is 5.32 Å². The summed E-state index contributed by atoms with van der Waals surface area (Å²) in [6, 6.07) is 21.5. The normalized spacial score (nSPS) is 17.5. The van der Waals surface area contributed by atoms with Crippen LogP contribution in [0.25, 0.3) is 17.2 Å². The first-order valence-electron chi connectivity index (χ1n) is 11.4. The second-order valence-corrected chi connectivity index (χ2v) is 9.77. The third-order valence-electron chi connectivity index (χ3n) is 6.55. The summed E-state index contributed by atoms with van der Waals surface area (Å²) in [5, 5.41) is 13.3. The van der Waals surface area contributed by atoms with Crippen molar-refractivity contribution in [3.8, 4) is 11.1 Å². The molecule has 1 heterocycles. The monoisotopic (exact) mass is 510 g/mol. The van der Waals surface area contributed by atoms with Crippen LogP contribution < -0.4 is 5.32 Å². The molecule has 0 aromatic heterocycles. The quantitative estimate of drug-likeness (QED) is 0.334. The second kappa shape index (κ2) is 11.1. The van der Waals surface area contributed by atoms with Crippen LogP contribution in [0.3, 0.4) is 0 Å². The van der Waals surface area contributed by atoms with Crippen molar-refractivity contribution in [3.05, 3.63) is 94.6 Å². The van der Waals surface area contributed by atoms with Gasteiger partial charge in [0.05, 0.1) is 10.3 Å². The Bertz CT molecular complexity index is 1350. The molecule has 0 radical (unpaired) electrons. The van der Waals surface area contributed by atoms with E-state index in [0.717, 1.165) is 24.0 Å². The maximum atomic E-state index is 14.7. The number of carboxylic acid groups (broad SMARTS) is 1. The zero-order valence-corrected chi connectivity index (χ0v) is 19.6. The molecule has 36 heavy (non-hydrogen) atoms. The number of carboxylic acids is 1. The van der Waals surface area contributed by atoms with Gasteiger partial charge in [-0.05, 0) is 65.6 Å². The fourth-order valence-electron chi connectivity index (χ4n) is 4.69. The topological polar surface area (TPSA) is 78.8 Å². The zero-order valence-electron chi connectivity index (χ0n) is 18.8. The first-order chi connectivity index (χ1) is 16.9. The van der Waals surface area contributed by atoms with Crippen LogP contribution in [-0.2, 0) is 15.0 Å². The van der Waals surface area contributed by atoms with Crippen LogP contribution >= 0.6 is 11.8 Å². The molecule has 1 aliphatic heterocycles. The number of aliphatic carboxylic acids is 1. The van der Waals surface area contributed by atoms with E-state index >= 15 is 0 Å². The molecule has 1 fully saturated rings. The summed E-state index contributed by atoms with van der Waals surface area (Å²) < 4.78 is 14.7. The Hall–Kier alpha value is -2.71. The van der Waals surface area contributed by atoms with Gasteiger partial charge in [0.15, 0.2) is 5.17 Å². The molecule has 0 unspecified atom stereocenters. The van der Waals surface area contributed by atoms with Gasteiger partial charge in [0, 0.05) is 11.3 Å². The Morgan fingerprint density at radius 2 is 1.72 bits per heavy atom. The summed E-state index contributed by atoms with van der Waals surface area (Å²) in [7, 11) is 0. The molecule has 178 valence electrons. The Balaban J connectivity index is 0.00000304. The first-order valence-corrected chi connectivity index (χ1v) is 12.2. The predicted molar refractivity (Wildman–Crippen MR) is 145 cm³/mol. The van der Waals surface area contributed by atoms with Crippen molar-refractivity contribution in [3.63, 3.8) is 0 Å². The third kappa shape index (κ3) is 5.34. The maximum absolute atomic E-state index is 14.7. The Morgan fingerprint density at radius 1 is 1.03 bits per heavy atom. The van der Waals surface area contributed by atoms with Crippen molar-refractivity contribution < 1.29 is 19.1 Å². The molecule has 3 aromatic rings. The summed E-state index contributed by atoms with van der Waals surface area (Å²) in [6.45, 7) is 0. The molecule has 3 aromatic carbocycles. The number of thioether (sulfide) groups is 1. The number of carbonyl (C=O) groups excluding carboxylic acids is 1. The number of nitrogens with zero attached hydrogens (tertiary/aromatic N) is 1. The Labute approximate surface area is 235 Å². The molecule has 2 N–H and O–H groups in total. The summed E-state index contributed by atoms with van der Waals surface area (Å²) in [6.07, 6.45) is 4.75. The molecule has 0 saturated heterocycles. The summed E-state index contributed by atoms with van der Waals surface area (Å²) in [5.41, 5.74) is 2.57. The van der Waals surface area contributed by atoms with Gasteiger partial charge >= 0.3 is 35.5 Å². The van der Waals surface area contributed by atoms with E-state index in [-0.39, 0.29) is 35.4 Å². The van der Waals surface area contributed by atoms with Crippen LogP contribution in [0.1, 0.15) is 36.8 Å². The van der Waals surface area contributed by atoms with Crippen molar-refractivity contribution in [1.82, 2.24) is 0 Å². The number of anilines is 1. The number of hydrogen-bond acceptors (Lipinski definition) is 4. The van der Waals surface area contributed by atoms with E-state index in [4.69, 9.17) is 0 Å². The molecule has 1 amide bonds. The predicted octanol–water partition coefficient (Wildman–Crippen LogP) is 5.82. The number of halogens is 1. The summed E-state index contributed by atoms with van der Waals surface area (Å²) >= 11 is 1.18. The number of amidine groups is 1. The fraction of sp³-hybridized carbons (Fsp3) is 0.179. The Morgan fingerprint density at radius 3 is 2.36 bits per heavy atom. The number of rotatable bonds is 5. The SMILES string of the molecule is O=C1N=C(Nc2ccc(C3(C(=O)O)CCCC3)cc2)SC1=Cc1ccc(-c2ccccc2)c(F)c1.[NaH]. The zero-order chi connectivity index (χ0) is 24.4. The minimum absolute atomic E-state index is 0. The van der Waals surface area contributed by atoms with E-state index in [2.05, 4.69) is 10.3 Å². The van der Waals surface area contributed by atoms with Crippen molar-refractivity contribution in [1.29, 1.82) is 0 Å². The molecule has 1 aliphatic carbocycles. The number of benzene rings is 3. The van der Waals surface area contributed by atoms with Gasteiger partial charge in [-0.15, -0.1) is 0 Å². The molecule has 5 rings (SSSR count). The molecule has 0 bridgehead atoms. The standard InChI is InChI=1S/C28H23FN2O3S.Na.H/c29-23-16-18(8-13-22(23)19-6-2-1-3-7-19)17-24-25(32)31-27(35-24)30-21-11-9-20(10-12-21)28(26(33)34)14-4-5-15-28;;/h1-3,6-13,16-17H,4-5,14-15H2,(H,33,34)(H,30,31,32);;. The van der Waals surface area contributed by atoms with Gasteiger partial charge < -0.3 is 10.4 Å². The van der Waals surface area contributed by atoms with Crippen molar-refractivity contribution in [2.45, 2.75) is 31.1 Å². The number of carbonyl (C=O) groups is 2. The molecule has 0 atom stereocenters. The van der Waals surface area contributed by atoms with E-state index in [1.807, 2.05) is 54.6 Å². The second-order valence-electron chi connectivity index (χ2n) is 8.73. The van der Waals surface area contributed by atoms with Gasteiger partial charge in [-0.25, -0.2) is 4.39 Å². The first kappa shape index (κ1) is 26.4. The molecule has 1 saturated carbocycles. The van der Waals surface area contributed by atoms with Crippen LogP contribution in [0.2, 0.25) is 0 Å². The van der Waals surface area contributed by atoms with Gasteiger partial charge in [0.25, 0.3) is 5.91 Å². The minimum atomic E-state index is -0.810. The summed E-state index contributed by atoms with van der Waals surface area (Å²) in [5.74, 6) is -1.53. The summed E-state index contributed by atoms with van der Waals surface area (Å²) in [4.78, 5) is 28.8. The van der Waals surface area contributed by atoms with Gasteiger partial charge in [-0.3, -0.25) is 9.59 Å². The van der Waals surface area contributed by atoms with Crippen LogP contribution in [0.15, 0.2) is 82.7 Å². The van der Waals surface area contributed by atoms with Crippen molar-refractivity contribution >= 4 is 70.1 Å². The number of hydrogen-bond donors (Lipinski definition) is 2. The molecular weight excluding hydrogens is 486 g/mol. The average Bonchev–Trinajstić information content (AvgIpc) is 3.48. The number of aliphatic imine (C=N–C) groups is 1. The van der Waals surface area contributed by atoms with Crippen LogP contribution in [-0.4, -0.2) is 51.7 Å². The van der Waals surface area contributed by atoms with Gasteiger partial charge in [0.1, 0.15) is 5.82 Å². The van der Waals surface area contributed by atoms with Gasteiger partial charge in [-0.1, -0.05) is 67.4 Å². The molecule has 2 aliphatic rings. The molecular formula is C28H24FN2NaO3S.